The summed E-state index contributed by atoms with van der Waals surface area (Å²) in [6.07, 6.45) is 0.688. The number of tetrazole rings is 1. The van der Waals surface area contributed by atoms with E-state index in [1.807, 2.05) is 0 Å². The van der Waals surface area contributed by atoms with Crippen molar-refractivity contribution in [1.82, 2.24) is 30.9 Å². The molecule has 0 fully saturated rings. The predicted molar refractivity (Wildman–Crippen MR) is 55.5 cm³/mol. The number of amides is 1. The first-order chi connectivity index (χ1) is 7.74. The lowest BCUT2D eigenvalue weighted by molar-refractivity contribution is -0.130. The number of carbonyl (C=O) groups excluding carboxylic acids is 1. The maximum atomic E-state index is 11.4. The average Bonchev–Trinajstić information content (AvgIpc) is 2.78. The van der Waals surface area contributed by atoms with Gasteiger partial charge in [0, 0.05) is 6.54 Å². The van der Waals surface area contributed by atoms with Gasteiger partial charge in [-0.25, -0.2) is 5.84 Å². The molecule has 0 atom stereocenters. The largest absolute Gasteiger partial charge is 0.330 e. The van der Waals surface area contributed by atoms with Crippen molar-refractivity contribution in [3.63, 3.8) is 0 Å². The van der Waals surface area contributed by atoms with Crippen molar-refractivity contribution in [2.24, 2.45) is 11.6 Å². The molecular formula is C7H16N8O. The molecule has 0 aliphatic carbocycles. The van der Waals surface area contributed by atoms with Crippen LogP contribution in [0.4, 0.5) is 0 Å². The van der Waals surface area contributed by atoms with E-state index in [0.717, 1.165) is 5.01 Å². The molecular weight excluding hydrogens is 212 g/mol. The van der Waals surface area contributed by atoms with Gasteiger partial charge in [0.05, 0.1) is 13.1 Å². The van der Waals surface area contributed by atoms with Gasteiger partial charge in [-0.05, 0) is 13.0 Å². The van der Waals surface area contributed by atoms with E-state index >= 15 is 0 Å². The molecule has 1 heterocycles. The standard InChI is InChI=1S/C7H16N8O/c8-2-1-3-15(9)7(16)5-10-4-6-11-13-14-12-6/h10H,1-5,8-9H2,(H,11,12,13,14). The Hall–Kier alpha value is -1.58. The molecule has 1 aromatic heterocycles. The minimum absolute atomic E-state index is 0.135. The zero-order valence-electron chi connectivity index (χ0n) is 8.89. The van der Waals surface area contributed by atoms with Gasteiger partial charge in [0.15, 0.2) is 5.82 Å². The monoisotopic (exact) mass is 228 g/mol. The summed E-state index contributed by atoms with van der Waals surface area (Å²) in [5.74, 6) is 5.80. The number of nitrogens with zero attached hydrogens (tertiary/aromatic N) is 4. The summed E-state index contributed by atoms with van der Waals surface area (Å²) in [5.41, 5.74) is 5.31. The van der Waals surface area contributed by atoms with Crippen LogP contribution in [0.3, 0.4) is 0 Å². The molecule has 9 heteroatoms. The molecule has 0 bridgehead atoms. The molecule has 90 valence electrons. The second kappa shape index (κ2) is 6.82. The van der Waals surface area contributed by atoms with Gasteiger partial charge in [0.1, 0.15) is 0 Å². The molecule has 0 saturated carbocycles. The molecule has 1 amide bonds. The van der Waals surface area contributed by atoms with Gasteiger partial charge in [-0.1, -0.05) is 5.21 Å². The third kappa shape index (κ3) is 4.29. The molecule has 1 rings (SSSR count). The van der Waals surface area contributed by atoms with Crippen LogP contribution in [0.15, 0.2) is 0 Å². The van der Waals surface area contributed by atoms with Crippen LogP contribution < -0.4 is 16.9 Å². The molecule has 0 aliphatic heterocycles. The number of aromatic nitrogens is 4. The van der Waals surface area contributed by atoms with Crippen LogP contribution in [0.2, 0.25) is 0 Å². The Morgan fingerprint density at radius 2 is 2.38 bits per heavy atom. The summed E-state index contributed by atoms with van der Waals surface area (Å²) in [7, 11) is 0. The van der Waals surface area contributed by atoms with E-state index in [-0.39, 0.29) is 12.5 Å². The Labute approximate surface area is 92.5 Å². The molecule has 0 aliphatic rings. The lowest BCUT2D eigenvalue weighted by Gasteiger charge is -2.15. The number of aromatic amines is 1. The summed E-state index contributed by atoms with van der Waals surface area (Å²) in [5, 5.41) is 17.2. The predicted octanol–water partition coefficient (Wildman–Crippen LogP) is -2.66. The Morgan fingerprint density at radius 3 is 3.00 bits per heavy atom. The topological polar surface area (TPSA) is 139 Å². The second-order valence-electron chi connectivity index (χ2n) is 3.16. The summed E-state index contributed by atoms with van der Waals surface area (Å²) >= 11 is 0. The molecule has 16 heavy (non-hydrogen) atoms. The molecule has 0 spiro atoms. The van der Waals surface area contributed by atoms with Gasteiger partial charge >= 0.3 is 0 Å². The van der Waals surface area contributed by atoms with E-state index in [0.29, 0.717) is 31.9 Å². The van der Waals surface area contributed by atoms with Gasteiger partial charge in [0.2, 0.25) is 5.91 Å². The van der Waals surface area contributed by atoms with E-state index in [9.17, 15) is 4.79 Å². The molecule has 0 radical (unpaired) electrons. The van der Waals surface area contributed by atoms with Crippen LogP contribution in [-0.2, 0) is 11.3 Å². The zero-order chi connectivity index (χ0) is 11.8. The van der Waals surface area contributed by atoms with Crippen LogP contribution >= 0.6 is 0 Å². The molecule has 6 N–H and O–H groups in total. The van der Waals surface area contributed by atoms with Crippen molar-refractivity contribution in [1.29, 1.82) is 0 Å². The van der Waals surface area contributed by atoms with Crippen LogP contribution in [0.5, 0.6) is 0 Å². The molecule has 0 aromatic carbocycles. The summed E-state index contributed by atoms with van der Waals surface area (Å²) < 4.78 is 0. The van der Waals surface area contributed by atoms with Crippen LogP contribution in [0.25, 0.3) is 0 Å². The Bertz CT molecular complexity index is 299. The fraction of sp³-hybridized carbons (Fsp3) is 0.714. The number of nitrogens with two attached hydrogens (primary N) is 2. The SMILES string of the molecule is NCCCN(N)C(=O)CNCc1nn[nH]n1. The number of H-pyrrole nitrogens is 1. The third-order valence-corrected chi connectivity index (χ3v) is 1.87. The molecule has 0 saturated heterocycles. The van der Waals surface area contributed by atoms with E-state index < -0.39 is 0 Å². The average molecular weight is 228 g/mol. The van der Waals surface area contributed by atoms with Gasteiger partial charge in [-0.3, -0.25) is 9.80 Å². The minimum atomic E-state index is -0.197. The number of rotatable bonds is 7. The van der Waals surface area contributed by atoms with Crippen LogP contribution in [0.1, 0.15) is 12.2 Å². The lowest BCUT2D eigenvalue weighted by Crippen LogP contribution is -2.43. The maximum absolute atomic E-state index is 11.4. The van der Waals surface area contributed by atoms with Crippen molar-refractivity contribution in [2.45, 2.75) is 13.0 Å². The van der Waals surface area contributed by atoms with Crippen molar-refractivity contribution in [3.05, 3.63) is 5.82 Å². The number of carbonyl (C=O) groups is 1. The highest BCUT2D eigenvalue weighted by Crippen LogP contribution is 1.85. The van der Waals surface area contributed by atoms with Crippen molar-refractivity contribution in [2.75, 3.05) is 19.6 Å². The second-order valence-corrected chi connectivity index (χ2v) is 3.16. The zero-order valence-corrected chi connectivity index (χ0v) is 8.89. The highest BCUT2D eigenvalue weighted by molar-refractivity contribution is 5.77. The lowest BCUT2D eigenvalue weighted by atomic mass is 10.4. The summed E-state index contributed by atoms with van der Waals surface area (Å²) in [6.45, 7) is 1.47. The van der Waals surface area contributed by atoms with Crippen molar-refractivity contribution < 1.29 is 4.79 Å². The first-order valence-corrected chi connectivity index (χ1v) is 4.92. The smallest absolute Gasteiger partial charge is 0.250 e. The van der Waals surface area contributed by atoms with E-state index in [4.69, 9.17) is 11.6 Å². The minimum Gasteiger partial charge on any atom is -0.330 e. The van der Waals surface area contributed by atoms with Gasteiger partial charge in [-0.15, -0.1) is 10.2 Å². The fourth-order valence-electron chi connectivity index (χ4n) is 1.03. The van der Waals surface area contributed by atoms with E-state index in [1.54, 1.807) is 0 Å². The van der Waals surface area contributed by atoms with E-state index in [2.05, 4.69) is 25.9 Å². The Kier molecular flexibility index (Phi) is 5.32. The van der Waals surface area contributed by atoms with Crippen molar-refractivity contribution in [3.8, 4) is 0 Å². The normalized spacial score (nSPS) is 10.4. The highest BCUT2D eigenvalue weighted by Gasteiger charge is 2.08. The first-order valence-electron chi connectivity index (χ1n) is 4.92. The quantitative estimate of drug-likeness (QED) is 0.227. The Balaban J connectivity index is 2.14. The molecule has 9 nitrogen and oxygen atoms in total. The number of nitrogens with one attached hydrogen (secondary N) is 2. The van der Waals surface area contributed by atoms with Crippen LogP contribution in [-0.4, -0.2) is 51.2 Å². The van der Waals surface area contributed by atoms with Crippen LogP contribution in [0, 0.1) is 0 Å². The molecule has 0 unspecified atom stereocenters. The first kappa shape index (κ1) is 12.5. The molecule has 1 aromatic rings. The van der Waals surface area contributed by atoms with E-state index in [1.165, 1.54) is 0 Å². The maximum Gasteiger partial charge on any atom is 0.250 e. The third-order valence-electron chi connectivity index (χ3n) is 1.87. The van der Waals surface area contributed by atoms with Gasteiger partial charge < -0.3 is 11.1 Å². The fourth-order valence-corrected chi connectivity index (χ4v) is 1.03. The van der Waals surface area contributed by atoms with Gasteiger partial charge in [-0.2, -0.15) is 5.21 Å². The summed E-state index contributed by atoms with van der Waals surface area (Å²) in [4.78, 5) is 11.4. The van der Waals surface area contributed by atoms with Crippen molar-refractivity contribution >= 4 is 5.91 Å². The summed E-state index contributed by atoms with van der Waals surface area (Å²) in [6, 6.07) is 0. The number of hydrogen-bond acceptors (Lipinski definition) is 7. The highest BCUT2D eigenvalue weighted by atomic mass is 16.2. The number of hydrazine groups is 1. The van der Waals surface area contributed by atoms with Gasteiger partial charge in [0.25, 0.3) is 0 Å². The Morgan fingerprint density at radius 1 is 1.56 bits per heavy atom. The number of hydrogen-bond donors (Lipinski definition) is 4.